The third-order valence-electron chi connectivity index (χ3n) is 11.3. The average Bonchev–Trinajstić information content (AvgIpc) is 3.86. The van der Waals surface area contributed by atoms with Crippen molar-refractivity contribution >= 4 is 76.2 Å². The highest BCUT2D eigenvalue weighted by Gasteiger charge is 2.19. The molecule has 0 saturated carbocycles. The van der Waals surface area contributed by atoms with Crippen molar-refractivity contribution in [1.82, 2.24) is 19.9 Å². The summed E-state index contributed by atoms with van der Waals surface area (Å²) < 4.78 is 13.5. The quantitative estimate of drug-likeness (QED) is 0.169. The monoisotopic (exact) mass is 716 g/mol. The molecule has 8 aromatic carbocycles. The lowest BCUT2D eigenvalue weighted by atomic mass is 9.90. The topological polar surface area (TPSA) is 77.8 Å². The molecule has 12 aromatic rings. The Bertz CT molecular complexity index is 3280. The van der Waals surface area contributed by atoms with Crippen LogP contribution >= 0.6 is 0 Å². The second kappa shape index (κ2) is 11.9. The summed E-state index contributed by atoms with van der Waals surface area (Å²) in [6.07, 6.45) is 10.4. The Labute approximate surface area is 319 Å². The van der Waals surface area contributed by atoms with Gasteiger partial charge in [0, 0.05) is 79.7 Å². The van der Waals surface area contributed by atoms with E-state index in [0.717, 1.165) is 88.4 Å². The van der Waals surface area contributed by atoms with E-state index in [1.54, 1.807) is 12.7 Å². The van der Waals surface area contributed by atoms with Gasteiger partial charge in [-0.1, -0.05) is 121 Å². The maximum Gasteiger partial charge on any atom is 0.143 e. The van der Waals surface area contributed by atoms with Crippen molar-refractivity contribution in [3.8, 4) is 44.5 Å². The number of furan rings is 2. The molecule has 0 amide bonds. The fourth-order valence-corrected chi connectivity index (χ4v) is 8.72. The first kappa shape index (κ1) is 30.7. The minimum absolute atomic E-state index is 0.836. The number of rotatable bonds is 4. The Kier molecular flexibility index (Phi) is 6.53. The summed E-state index contributed by atoms with van der Waals surface area (Å²) in [7, 11) is 0. The van der Waals surface area contributed by atoms with Gasteiger partial charge >= 0.3 is 0 Å². The molecular weight excluding hydrogens is 689 g/mol. The van der Waals surface area contributed by atoms with Crippen LogP contribution in [0.3, 0.4) is 0 Å². The second-order valence-electron chi connectivity index (χ2n) is 14.3. The van der Waals surface area contributed by atoms with E-state index in [-0.39, 0.29) is 0 Å². The molecule has 4 heterocycles. The number of hydrogen-bond acceptors (Lipinski definition) is 6. The van der Waals surface area contributed by atoms with E-state index in [1.807, 2.05) is 24.8 Å². The molecular formula is C50H28N4O2. The molecule has 0 atom stereocenters. The SMILES string of the molecule is c1cc(-c2cncnc2)c2oc3c(-c4ccc5c6ccc(-c7cccc8c7oc7c(-c9cncnc9)cccc78)cc6c6ccccc6c5c4)cccc3c2c1. The number of hydrogen-bond donors (Lipinski definition) is 0. The molecule has 0 bridgehead atoms. The highest BCUT2D eigenvalue weighted by atomic mass is 16.3. The van der Waals surface area contributed by atoms with Crippen LogP contribution in [-0.4, -0.2) is 19.9 Å². The van der Waals surface area contributed by atoms with E-state index in [4.69, 9.17) is 8.83 Å². The zero-order valence-electron chi connectivity index (χ0n) is 29.8. The van der Waals surface area contributed by atoms with Crippen LogP contribution in [0.4, 0.5) is 0 Å². The van der Waals surface area contributed by atoms with Crippen LogP contribution in [-0.2, 0) is 0 Å². The number of para-hydroxylation sites is 4. The highest BCUT2D eigenvalue weighted by Crippen LogP contribution is 2.44. The van der Waals surface area contributed by atoms with Crippen LogP contribution in [0.1, 0.15) is 0 Å². The van der Waals surface area contributed by atoms with Gasteiger partial charge in [-0.15, -0.1) is 0 Å². The lowest BCUT2D eigenvalue weighted by molar-refractivity contribution is 0.670. The first-order valence-electron chi connectivity index (χ1n) is 18.6. The molecule has 0 aliphatic heterocycles. The van der Waals surface area contributed by atoms with E-state index < -0.39 is 0 Å². The summed E-state index contributed by atoms with van der Waals surface area (Å²) in [5.74, 6) is 0. The summed E-state index contributed by atoms with van der Waals surface area (Å²) >= 11 is 0. The Morgan fingerprint density at radius 2 is 0.589 bits per heavy atom. The predicted octanol–water partition coefficient (Wildman–Crippen LogP) is 13.2. The summed E-state index contributed by atoms with van der Waals surface area (Å²) in [6, 6.07) is 47.7. The standard InChI is InChI=1S/C50H28N4O2/c1-2-8-38-37(7-1)45-21-29(33-9-3-13-41-43-15-5-11-35(49(43)55-47(33)41)31-23-51-27-52-24-31)17-19-39(45)40-20-18-30(22-46(38)40)34-10-4-14-42-44-16-6-12-36(50(44)56-48(34)42)32-25-53-28-54-26-32/h1-28H. The summed E-state index contributed by atoms with van der Waals surface area (Å²) in [4.78, 5) is 17.0. The molecule has 0 radical (unpaired) electrons. The van der Waals surface area contributed by atoms with Gasteiger partial charge in [0.05, 0.1) is 0 Å². The number of nitrogens with zero attached hydrogens (tertiary/aromatic N) is 4. The van der Waals surface area contributed by atoms with Crippen molar-refractivity contribution in [2.75, 3.05) is 0 Å². The van der Waals surface area contributed by atoms with E-state index in [2.05, 4.69) is 153 Å². The molecule has 6 heteroatoms. The Hall–Kier alpha value is -7.70. The van der Waals surface area contributed by atoms with Gasteiger partial charge in [-0.05, 0) is 55.6 Å². The molecule has 0 saturated heterocycles. The van der Waals surface area contributed by atoms with E-state index in [0.29, 0.717) is 0 Å². The summed E-state index contributed by atoms with van der Waals surface area (Å²) in [5, 5.41) is 11.5. The molecule has 0 N–H and O–H groups in total. The first-order chi connectivity index (χ1) is 27.8. The third-order valence-corrected chi connectivity index (χ3v) is 11.3. The fraction of sp³-hybridized carbons (Fsp3) is 0. The van der Waals surface area contributed by atoms with Crippen molar-refractivity contribution in [3.05, 3.63) is 171 Å². The minimum atomic E-state index is 0.836. The molecule has 260 valence electrons. The molecule has 12 rings (SSSR count). The maximum absolute atomic E-state index is 6.76. The molecule has 0 spiro atoms. The first-order valence-corrected chi connectivity index (χ1v) is 18.6. The molecule has 0 unspecified atom stereocenters. The van der Waals surface area contributed by atoms with Gasteiger partial charge in [0.15, 0.2) is 0 Å². The lowest BCUT2D eigenvalue weighted by Crippen LogP contribution is -1.87. The molecule has 4 aromatic heterocycles. The average molecular weight is 717 g/mol. The van der Waals surface area contributed by atoms with Crippen molar-refractivity contribution in [1.29, 1.82) is 0 Å². The van der Waals surface area contributed by atoms with Crippen molar-refractivity contribution in [2.45, 2.75) is 0 Å². The lowest BCUT2D eigenvalue weighted by Gasteiger charge is -2.14. The fourth-order valence-electron chi connectivity index (χ4n) is 8.72. The Balaban J connectivity index is 1.04. The van der Waals surface area contributed by atoms with Gasteiger partial charge in [-0.2, -0.15) is 0 Å². The van der Waals surface area contributed by atoms with Crippen LogP contribution in [0.15, 0.2) is 180 Å². The van der Waals surface area contributed by atoms with Crippen LogP contribution in [0, 0.1) is 0 Å². The minimum Gasteiger partial charge on any atom is -0.455 e. The van der Waals surface area contributed by atoms with Crippen molar-refractivity contribution in [3.63, 3.8) is 0 Å². The molecule has 6 nitrogen and oxygen atoms in total. The van der Waals surface area contributed by atoms with E-state index in [1.165, 1.54) is 32.3 Å². The largest absolute Gasteiger partial charge is 0.455 e. The zero-order chi connectivity index (χ0) is 36.7. The van der Waals surface area contributed by atoms with Gasteiger partial charge < -0.3 is 8.83 Å². The smallest absolute Gasteiger partial charge is 0.143 e. The van der Waals surface area contributed by atoms with Gasteiger partial charge in [0.1, 0.15) is 35.0 Å². The summed E-state index contributed by atoms with van der Waals surface area (Å²) in [6.45, 7) is 0. The summed E-state index contributed by atoms with van der Waals surface area (Å²) in [5.41, 5.74) is 11.5. The van der Waals surface area contributed by atoms with Crippen LogP contribution in [0.25, 0.3) is 121 Å². The normalized spacial score (nSPS) is 11.9. The van der Waals surface area contributed by atoms with Crippen LogP contribution < -0.4 is 0 Å². The molecule has 0 fully saturated rings. The van der Waals surface area contributed by atoms with Gasteiger partial charge in [-0.3, -0.25) is 0 Å². The number of benzene rings is 8. The highest BCUT2D eigenvalue weighted by molar-refractivity contribution is 6.27. The predicted molar refractivity (Wildman–Crippen MR) is 226 cm³/mol. The van der Waals surface area contributed by atoms with Crippen molar-refractivity contribution in [2.24, 2.45) is 0 Å². The number of fused-ring (bicyclic) bond motifs is 12. The maximum atomic E-state index is 6.76. The second-order valence-corrected chi connectivity index (χ2v) is 14.3. The van der Waals surface area contributed by atoms with Gasteiger partial charge in [0.2, 0.25) is 0 Å². The van der Waals surface area contributed by atoms with Gasteiger partial charge in [-0.25, -0.2) is 19.9 Å². The molecule has 0 aliphatic carbocycles. The third kappa shape index (κ3) is 4.50. The Morgan fingerprint density at radius 1 is 0.268 bits per heavy atom. The number of aromatic nitrogens is 4. The zero-order valence-corrected chi connectivity index (χ0v) is 29.8. The van der Waals surface area contributed by atoms with Crippen LogP contribution in [0.2, 0.25) is 0 Å². The molecule has 0 aliphatic rings. The van der Waals surface area contributed by atoms with E-state index in [9.17, 15) is 0 Å². The molecule has 56 heavy (non-hydrogen) atoms. The Morgan fingerprint density at radius 3 is 0.964 bits per heavy atom. The van der Waals surface area contributed by atoms with Crippen molar-refractivity contribution < 1.29 is 8.83 Å². The van der Waals surface area contributed by atoms with E-state index >= 15 is 0 Å². The van der Waals surface area contributed by atoms with Crippen LogP contribution in [0.5, 0.6) is 0 Å². The van der Waals surface area contributed by atoms with Gasteiger partial charge in [0.25, 0.3) is 0 Å².